The van der Waals surface area contributed by atoms with Gasteiger partial charge in [0.1, 0.15) is 12.1 Å². The summed E-state index contributed by atoms with van der Waals surface area (Å²) < 4.78 is 5.23. The largest absolute Gasteiger partial charge is 0.364 e. The van der Waals surface area contributed by atoms with E-state index in [0.29, 0.717) is 6.04 Å². The van der Waals surface area contributed by atoms with Gasteiger partial charge in [0.05, 0.1) is 29.7 Å². The first-order chi connectivity index (χ1) is 16.3. The van der Waals surface area contributed by atoms with Crippen LogP contribution >= 0.6 is 0 Å². The standard InChI is InChI=1S/C25H36N8O/c1-7-18-15-33(22-12-24(34)29(5)23-16-31(11-10-26)28-25(22)23)19(8-2)14-32(18)17(4)20-13-27-30(6)21(20)9-3/h12-13,16-19H,7-9,11,14-15H2,1-6H3/t17-,18+,19-/m0/s1. The molecule has 4 heterocycles. The van der Waals surface area contributed by atoms with Gasteiger partial charge in [-0.1, -0.05) is 20.8 Å². The number of anilines is 1. The average Bonchev–Trinajstić information content (AvgIpc) is 3.43. The number of piperazine rings is 1. The van der Waals surface area contributed by atoms with Crippen LogP contribution in [0.1, 0.15) is 57.8 Å². The summed E-state index contributed by atoms with van der Waals surface area (Å²) in [6.07, 6.45) is 6.75. The van der Waals surface area contributed by atoms with E-state index in [1.165, 1.54) is 11.3 Å². The second-order valence-electron chi connectivity index (χ2n) is 9.32. The first kappa shape index (κ1) is 24.0. The van der Waals surface area contributed by atoms with Crippen LogP contribution in [-0.2, 0) is 27.1 Å². The molecule has 0 N–H and O–H groups in total. The van der Waals surface area contributed by atoms with E-state index in [1.807, 2.05) is 17.9 Å². The van der Waals surface area contributed by atoms with E-state index in [4.69, 9.17) is 10.4 Å². The van der Waals surface area contributed by atoms with Gasteiger partial charge in [0.15, 0.2) is 0 Å². The van der Waals surface area contributed by atoms with Crippen LogP contribution in [0.3, 0.4) is 0 Å². The Labute approximate surface area is 201 Å². The molecular weight excluding hydrogens is 428 g/mol. The predicted molar refractivity (Wildman–Crippen MR) is 134 cm³/mol. The van der Waals surface area contributed by atoms with Crippen molar-refractivity contribution in [3.05, 3.63) is 40.1 Å². The number of hydrogen-bond acceptors (Lipinski definition) is 6. The molecule has 0 radical (unpaired) electrons. The van der Waals surface area contributed by atoms with Crippen molar-refractivity contribution in [1.82, 2.24) is 29.0 Å². The van der Waals surface area contributed by atoms with Crippen LogP contribution in [0, 0.1) is 11.3 Å². The Morgan fingerprint density at radius 3 is 2.56 bits per heavy atom. The zero-order valence-corrected chi connectivity index (χ0v) is 21.2. The minimum absolute atomic E-state index is 0.0549. The molecule has 4 rings (SSSR count). The third-order valence-electron chi connectivity index (χ3n) is 7.54. The van der Waals surface area contributed by atoms with Crippen LogP contribution in [0.2, 0.25) is 0 Å². The molecule has 3 atom stereocenters. The van der Waals surface area contributed by atoms with Crippen LogP contribution in [0.15, 0.2) is 23.3 Å². The SMILES string of the molecule is CCc1c([C@H](C)N2C[C@H](CC)N(c3cc(=O)n(C)c4cn(CC#N)nc34)C[C@H]2CC)cnn1C. The van der Waals surface area contributed by atoms with E-state index in [-0.39, 0.29) is 24.2 Å². The number of fused-ring (bicyclic) bond motifs is 1. The van der Waals surface area contributed by atoms with Gasteiger partial charge >= 0.3 is 0 Å². The number of aryl methyl sites for hydroxylation is 2. The van der Waals surface area contributed by atoms with E-state index in [1.54, 1.807) is 28.6 Å². The quantitative estimate of drug-likeness (QED) is 0.534. The fourth-order valence-electron chi connectivity index (χ4n) is 5.51. The molecule has 3 aromatic rings. The number of nitriles is 1. The van der Waals surface area contributed by atoms with Crippen LogP contribution in [-0.4, -0.2) is 54.2 Å². The van der Waals surface area contributed by atoms with Crippen molar-refractivity contribution < 1.29 is 0 Å². The van der Waals surface area contributed by atoms with Crippen molar-refractivity contribution >= 4 is 16.7 Å². The minimum atomic E-state index is -0.0549. The minimum Gasteiger partial charge on any atom is -0.364 e. The maximum Gasteiger partial charge on any atom is 0.252 e. The third kappa shape index (κ3) is 4.00. The molecule has 0 saturated carbocycles. The van der Waals surface area contributed by atoms with E-state index < -0.39 is 0 Å². The van der Waals surface area contributed by atoms with E-state index in [2.05, 4.69) is 48.7 Å². The van der Waals surface area contributed by atoms with Crippen molar-refractivity contribution in [2.24, 2.45) is 14.1 Å². The Hall–Kier alpha value is -3.12. The Bertz CT molecular complexity index is 1260. The van der Waals surface area contributed by atoms with E-state index >= 15 is 0 Å². The van der Waals surface area contributed by atoms with Crippen molar-refractivity contribution in [1.29, 1.82) is 5.26 Å². The Kier molecular flexibility index (Phi) is 6.80. The lowest BCUT2D eigenvalue weighted by atomic mass is 9.96. The highest BCUT2D eigenvalue weighted by Crippen LogP contribution is 2.35. The molecule has 0 spiro atoms. The second-order valence-corrected chi connectivity index (χ2v) is 9.32. The molecule has 0 bridgehead atoms. The molecule has 9 heteroatoms. The van der Waals surface area contributed by atoms with Crippen LogP contribution in [0.25, 0.3) is 11.0 Å². The maximum absolute atomic E-state index is 12.9. The molecular formula is C25H36N8O. The number of nitrogens with zero attached hydrogens (tertiary/aromatic N) is 8. The average molecular weight is 465 g/mol. The van der Waals surface area contributed by atoms with E-state index in [9.17, 15) is 4.79 Å². The molecule has 1 aliphatic heterocycles. The molecule has 0 aliphatic carbocycles. The topological polar surface area (TPSA) is 87.9 Å². The van der Waals surface area contributed by atoms with Gasteiger partial charge < -0.3 is 9.47 Å². The van der Waals surface area contributed by atoms with Gasteiger partial charge in [-0.05, 0) is 26.2 Å². The predicted octanol–water partition coefficient (Wildman–Crippen LogP) is 2.99. The molecule has 0 amide bonds. The van der Waals surface area contributed by atoms with E-state index in [0.717, 1.165) is 49.1 Å². The highest BCUT2D eigenvalue weighted by molar-refractivity contribution is 5.88. The number of hydrogen-bond donors (Lipinski definition) is 0. The Morgan fingerprint density at radius 2 is 1.91 bits per heavy atom. The molecule has 34 heavy (non-hydrogen) atoms. The van der Waals surface area contributed by atoms with Crippen LogP contribution < -0.4 is 10.5 Å². The smallest absolute Gasteiger partial charge is 0.252 e. The summed E-state index contributed by atoms with van der Waals surface area (Å²) in [7, 11) is 3.78. The maximum atomic E-state index is 12.9. The van der Waals surface area contributed by atoms with Gasteiger partial charge in [-0.2, -0.15) is 15.5 Å². The summed E-state index contributed by atoms with van der Waals surface area (Å²) in [5.74, 6) is 0. The molecule has 1 saturated heterocycles. The summed E-state index contributed by atoms with van der Waals surface area (Å²) in [5.41, 5.74) is 4.96. The molecule has 1 fully saturated rings. The molecule has 3 aromatic heterocycles. The van der Waals surface area contributed by atoms with Gasteiger partial charge in [-0.15, -0.1) is 0 Å². The van der Waals surface area contributed by atoms with Crippen LogP contribution in [0.5, 0.6) is 0 Å². The normalized spacial score (nSPS) is 20.1. The first-order valence-corrected chi connectivity index (χ1v) is 12.3. The lowest BCUT2D eigenvalue weighted by molar-refractivity contribution is 0.101. The molecule has 0 aromatic carbocycles. The molecule has 1 aliphatic rings. The van der Waals surface area contributed by atoms with Gasteiger partial charge in [-0.3, -0.25) is 19.1 Å². The summed E-state index contributed by atoms with van der Waals surface area (Å²) in [5, 5.41) is 18.4. The lowest BCUT2D eigenvalue weighted by Gasteiger charge is -2.49. The monoisotopic (exact) mass is 464 g/mol. The second kappa shape index (κ2) is 9.63. The molecule has 0 unspecified atom stereocenters. The number of aromatic nitrogens is 5. The Balaban J connectivity index is 1.73. The van der Waals surface area contributed by atoms with Crippen molar-refractivity contribution in [3.8, 4) is 6.07 Å². The van der Waals surface area contributed by atoms with Crippen molar-refractivity contribution in [2.75, 3.05) is 18.0 Å². The van der Waals surface area contributed by atoms with Crippen molar-refractivity contribution in [2.45, 2.75) is 71.6 Å². The zero-order valence-electron chi connectivity index (χ0n) is 21.2. The van der Waals surface area contributed by atoms with Gasteiger partial charge in [-0.25, -0.2) is 0 Å². The zero-order chi connectivity index (χ0) is 24.6. The summed E-state index contributed by atoms with van der Waals surface area (Å²) in [6, 6.07) is 4.72. The van der Waals surface area contributed by atoms with Crippen molar-refractivity contribution in [3.63, 3.8) is 0 Å². The lowest BCUT2D eigenvalue weighted by Crippen LogP contribution is -2.58. The van der Waals surface area contributed by atoms with Gasteiger partial charge in [0.25, 0.3) is 5.56 Å². The van der Waals surface area contributed by atoms with Crippen LogP contribution in [0.4, 0.5) is 5.69 Å². The number of pyridine rings is 1. The fourth-order valence-corrected chi connectivity index (χ4v) is 5.51. The summed E-state index contributed by atoms with van der Waals surface area (Å²) in [6.45, 7) is 10.8. The molecule has 9 nitrogen and oxygen atoms in total. The number of rotatable bonds is 7. The fraction of sp³-hybridized carbons (Fsp3) is 0.600. The molecule has 182 valence electrons. The Morgan fingerprint density at radius 1 is 1.18 bits per heavy atom. The highest BCUT2D eigenvalue weighted by atomic mass is 16.1. The summed E-state index contributed by atoms with van der Waals surface area (Å²) in [4.78, 5) is 17.9. The van der Waals surface area contributed by atoms with Gasteiger partial charge in [0, 0.05) is 62.6 Å². The summed E-state index contributed by atoms with van der Waals surface area (Å²) >= 11 is 0. The highest BCUT2D eigenvalue weighted by Gasteiger charge is 2.37. The first-order valence-electron chi connectivity index (χ1n) is 12.3. The van der Waals surface area contributed by atoms with Gasteiger partial charge in [0.2, 0.25) is 0 Å². The third-order valence-corrected chi connectivity index (χ3v) is 7.54.